The van der Waals surface area contributed by atoms with Crippen LogP contribution in [0.1, 0.15) is 33.1 Å². The van der Waals surface area contributed by atoms with Crippen molar-refractivity contribution in [3.63, 3.8) is 0 Å². The highest BCUT2D eigenvalue weighted by Gasteiger charge is 2.40. The zero-order valence-corrected chi connectivity index (χ0v) is 10.9. The molecule has 1 aliphatic heterocycles. The van der Waals surface area contributed by atoms with E-state index in [1.807, 2.05) is 0 Å². The van der Waals surface area contributed by atoms with Crippen molar-refractivity contribution in [1.82, 2.24) is 10.6 Å². The minimum Gasteiger partial charge on any atom is -0.376 e. The van der Waals surface area contributed by atoms with Crippen molar-refractivity contribution >= 4 is 5.91 Å². The van der Waals surface area contributed by atoms with Crippen LogP contribution < -0.4 is 10.6 Å². The fraction of sp³-hybridized carbons (Fsp3) is 0.923. The Morgan fingerprint density at radius 2 is 2.12 bits per heavy atom. The molecule has 0 aromatic heterocycles. The number of hydrogen-bond acceptors (Lipinski definition) is 3. The van der Waals surface area contributed by atoms with Gasteiger partial charge in [0.15, 0.2) is 0 Å². The number of ether oxygens (including phenoxy) is 1. The molecule has 2 fully saturated rings. The first-order chi connectivity index (χ1) is 8.16. The average Bonchev–Trinajstić information content (AvgIpc) is 3.03. The lowest BCUT2D eigenvalue weighted by atomic mass is 10.1. The van der Waals surface area contributed by atoms with Gasteiger partial charge in [0.2, 0.25) is 5.91 Å². The molecule has 2 atom stereocenters. The van der Waals surface area contributed by atoms with Crippen LogP contribution in [-0.2, 0) is 9.53 Å². The van der Waals surface area contributed by atoms with Crippen LogP contribution in [0.4, 0.5) is 0 Å². The summed E-state index contributed by atoms with van der Waals surface area (Å²) in [6, 6.07) is 0.382. The summed E-state index contributed by atoms with van der Waals surface area (Å²) in [7, 11) is 0. The second-order valence-electron chi connectivity index (χ2n) is 5.65. The maximum atomic E-state index is 11.6. The average molecular weight is 240 g/mol. The van der Waals surface area contributed by atoms with E-state index in [2.05, 4.69) is 24.5 Å². The summed E-state index contributed by atoms with van der Waals surface area (Å²) < 4.78 is 5.73. The molecule has 2 N–H and O–H groups in total. The zero-order chi connectivity index (χ0) is 12.3. The summed E-state index contributed by atoms with van der Waals surface area (Å²) in [5, 5.41) is 6.26. The summed E-state index contributed by atoms with van der Waals surface area (Å²) in [5.41, 5.74) is 0. The van der Waals surface area contributed by atoms with Gasteiger partial charge in [-0.15, -0.1) is 0 Å². The van der Waals surface area contributed by atoms with Gasteiger partial charge in [-0.3, -0.25) is 4.79 Å². The highest BCUT2D eigenvalue weighted by molar-refractivity contribution is 5.78. The SMILES string of the molecule is CC(C)CNC(=O)CNC1CCOC1C1CC1. The molecule has 4 heteroatoms. The lowest BCUT2D eigenvalue weighted by Gasteiger charge is -2.19. The van der Waals surface area contributed by atoms with Gasteiger partial charge < -0.3 is 15.4 Å². The van der Waals surface area contributed by atoms with Crippen molar-refractivity contribution in [1.29, 1.82) is 0 Å². The number of hydrogen-bond donors (Lipinski definition) is 2. The normalized spacial score (nSPS) is 28.6. The molecule has 1 saturated heterocycles. The summed E-state index contributed by atoms with van der Waals surface area (Å²) in [4.78, 5) is 11.6. The molecule has 2 unspecified atom stereocenters. The Balaban J connectivity index is 1.65. The van der Waals surface area contributed by atoms with Crippen LogP contribution in [0.2, 0.25) is 0 Å². The third-order valence-corrected chi connectivity index (χ3v) is 3.45. The quantitative estimate of drug-likeness (QED) is 0.726. The van der Waals surface area contributed by atoms with E-state index < -0.39 is 0 Å². The van der Waals surface area contributed by atoms with Crippen molar-refractivity contribution in [3.05, 3.63) is 0 Å². The number of carbonyl (C=O) groups excluding carboxylic acids is 1. The maximum absolute atomic E-state index is 11.6. The molecule has 2 rings (SSSR count). The number of rotatable bonds is 6. The van der Waals surface area contributed by atoms with Gasteiger partial charge in [0.25, 0.3) is 0 Å². The largest absolute Gasteiger partial charge is 0.376 e. The smallest absolute Gasteiger partial charge is 0.233 e. The molecule has 1 heterocycles. The molecule has 4 nitrogen and oxygen atoms in total. The van der Waals surface area contributed by atoms with Gasteiger partial charge in [-0.25, -0.2) is 0 Å². The van der Waals surface area contributed by atoms with Crippen molar-refractivity contribution < 1.29 is 9.53 Å². The van der Waals surface area contributed by atoms with Gasteiger partial charge in [-0.2, -0.15) is 0 Å². The number of amides is 1. The summed E-state index contributed by atoms with van der Waals surface area (Å²) in [6.45, 7) is 6.22. The van der Waals surface area contributed by atoms with E-state index in [1.165, 1.54) is 12.8 Å². The van der Waals surface area contributed by atoms with Crippen LogP contribution in [0.5, 0.6) is 0 Å². The first-order valence-corrected chi connectivity index (χ1v) is 6.78. The van der Waals surface area contributed by atoms with Crippen LogP contribution in [0, 0.1) is 11.8 Å². The summed E-state index contributed by atoms with van der Waals surface area (Å²) >= 11 is 0. The number of nitrogens with one attached hydrogen (secondary N) is 2. The first-order valence-electron chi connectivity index (χ1n) is 6.78. The monoisotopic (exact) mass is 240 g/mol. The molecular weight excluding hydrogens is 216 g/mol. The predicted octanol–water partition coefficient (Wildman–Crippen LogP) is 0.916. The Morgan fingerprint density at radius 3 is 2.76 bits per heavy atom. The van der Waals surface area contributed by atoms with Crippen molar-refractivity contribution in [2.24, 2.45) is 11.8 Å². The molecule has 17 heavy (non-hydrogen) atoms. The Kier molecular flexibility index (Phi) is 4.40. The summed E-state index contributed by atoms with van der Waals surface area (Å²) in [6.07, 6.45) is 3.98. The zero-order valence-electron chi connectivity index (χ0n) is 10.9. The topological polar surface area (TPSA) is 50.4 Å². The molecule has 2 aliphatic rings. The first kappa shape index (κ1) is 12.8. The summed E-state index contributed by atoms with van der Waals surface area (Å²) in [5.74, 6) is 1.35. The standard InChI is InChI=1S/C13H24N2O2/c1-9(2)7-15-12(16)8-14-11-5-6-17-13(11)10-3-4-10/h9-11,13-14H,3-8H2,1-2H3,(H,15,16). The highest BCUT2D eigenvalue weighted by Crippen LogP contribution is 2.38. The highest BCUT2D eigenvalue weighted by atomic mass is 16.5. The van der Waals surface area contributed by atoms with E-state index in [-0.39, 0.29) is 5.91 Å². The van der Waals surface area contributed by atoms with Gasteiger partial charge in [-0.05, 0) is 31.1 Å². The third kappa shape index (κ3) is 3.96. The van der Waals surface area contributed by atoms with E-state index in [0.29, 0.717) is 24.6 Å². The predicted molar refractivity (Wildman–Crippen MR) is 66.7 cm³/mol. The molecule has 0 bridgehead atoms. The molecule has 0 aromatic carbocycles. The van der Waals surface area contributed by atoms with Crippen LogP contribution >= 0.6 is 0 Å². The van der Waals surface area contributed by atoms with Crippen LogP contribution in [0.15, 0.2) is 0 Å². The molecular formula is C13H24N2O2. The van der Waals surface area contributed by atoms with Crippen molar-refractivity contribution in [3.8, 4) is 0 Å². The Hall–Kier alpha value is -0.610. The Morgan fingerprint density at radius 1 is 1.35 bits per heavy atom. The van der Waals surface area contributed by atoms with Gasteiger partial charge in [-0.1, -0.05) is 13.8 Å². The van der Waals surface area contributed by atoms with E-state index in [1.54, 1.807) is 0 Å². The molecule has 1 saturated carbocycles. The van der Waals surface area contributed by atoms with Crippen LogP contribution in [-0.4, -0.2) is 37.7 Å². The lowest BCUT2D eigenvalue weighted by molar-refractivity contribution is -0.120. The van der Waals surface area contributed by atoms with Gasteiger partial charge in [0.05, 0.1) is 12.6 Å². The minimum atomic E-state index is 0.0974. The van der Waals surface area contributed by atoms with Gasteiger partial charge in [0.1, 0.15) is 0 Å². The maximum Gasteiger partial charge on any atom is 0.233 e. The van der Waals surface area contributed by atoms with Crippen molar-refractivity contribution in [2.75, 3.05) is 19.7 Å². The third-order valence-electron chi connectivity index (χ3n) is 3.45. The molecule has 0 spiro atoms. The fourth-order valence-electron chi connectivity index (χ4n) is 2.32. The van der Waals surface area contributed by atoms with E-state index >= 15 is 0 Å². The van der Waals surface area contributed by atoms with Crippen molar-refractivity contribution in [2.45, 2.75) is 45.3 Å². The van der Waals surface area contributed by atoms with E-state index in [4.69, 9.17) is 4.74 Å². The molecule has 0 radical (unpaired) electrons. The van der Waals surface area contributed by atoms with E-state index in [9.17, 15) is 4.79 Å². The molecule has 0 aromatic rings. The second-order valence-corrected chi connectivity index (χ2v) is 5.65. The molecule has 98 valence electrons. The number of carbonyl (C=O) groups is 1. The lowest BCUT2D eigenvalue weighted by Crippen LogP contribution is -2.44. The molecule has 1 amide bonds. The Bertz CT molecular complexity index is 264. The Labute approximate surface area is 103 Å². The van der Waals surface area contributed by atoms with E-state index in [0.717, 1.165) is 25.5 Å². The van der Waals surface area contributed by atoms with Crippen LogP contribution in [0.25, 0.3) is 0 Å². The van der Waals surface area contributed by atoms with Crippen LogP contribution in [0.3, 0.4) is 0 Å². The fourth-order valence-corrected chi connectivity index (χ4v) is 2.32. The van der Waals surface area contributed by atoms with Gasteiger partial charge >= 0.3 is 0 Å². The van der Waals surface area contributed by atoms with Gasteiger partial charge in [0, 0.05) is 19.2 Å². The minimum absolute atomic E-state index is 0.0974. The second kappa shape index (κ2) is 5.83. The molecule has 1 aliphatic carbocycles.